The molecule has 2 aliphatic rings. The molecule has 0 saturated heterocycles. The van der Waals surface area contributed by atoms with E-state index in [9.17, 15) is 5.26 Å². The summed E-state index contributed by atoms with van der Waals surface area (Å²) in [5.74, 6) is 4.41. The monoisotopic (exact) mass is 610 g/mol. The van der Waals surface area contributed by atoms with E-state index in [1.807, 2.05) is 36.4 Å². The van der Waals surface area contributed by atoms with E-state index in [2.05, 4.69) is 98.8 Å². The molecule has 4 heteroatoms. The van der Waals surface area contributed by atoms with E-state index in [4.69, 9.17) is 15.0 Å². The maximum absolute atomic E-state index is 9.55. The molecular formula is C43H38N4. The summed E-state index contributed by atoms with van der Waals surface area (Å²) in [7, 11) is 0. The third kappa shape index (κ3) is 5.61. The molecule has 2 aliphatic carbocycles. The molecule has 2 saturated carbocycles. The Morgan fingerprint density at radius 3 is 1.85 bits per heavy atom. The van der Waals surface area contributed by atoms with E-state index < -0.39 is 0 Å². The Hall–Kier alpha value is -5.14. The summed E-state index contributed by atoms with van der Waals surface area (Å²) in [5.41, 5.74) is 7.51. The van der Waals surface area contributed by atoms with E-state index in [-0.39, 0.29) is 5.41 Å². The number of hydrogen-bond donors (Lipinski definition) is 0. The molecule has 0 radical (unpaired) electrons. The van der Waals surface area contributed by atoms with Crippen LogP contribution in [0.3, 0.4) is 0 Å². The molecule has 0 spiro atoms. The lowest BCUT2D eigenvalue weighted by Gasteiger charge is -2.50. The quantitative estimate of drug-likeness (QED) is 0.195. The Morgan fingerprint density at radius 1 is 0.574 bits per heavy atom. The second-order valence-electron chi connectivity index (χ2n) is 14.1. The van der Waals surface area contributed by atoms with Crippen molar-refractivity contribution in [3.63, 3.8) is 0 Å². The fourth-order valence-corrected chi connectivity index (χ4v) is 8.78. The average Bonchev–Trinajstić information content (AvgIpc) is 3.11. The zero-order valence-electron chi connectivity index (χ0n) is 27.0. The van der Waals surface area contributed by atoms with E-state index in [1.165, 1.54) is 37.7 Å². The summed E-state index contributed by atoms with van der Waals surface area (Å²) in [6, 6.07) is 42.1. The summed E-state index contributed by atoms with van der Waals surface area (Å²) >= 11 is 0. The highest BCUT2D eigenvalue weighted by Crippen LogP contribution is 2.54. The van der Waals surface area contributed by atoms with Crippen LogP contribution in [-0.2, 0) is 5.41 Å². The van der Waals surface area contributed by atoms with Crippen LogP contribution < -0.4 is 0 Å². The van der Waals surface area contributed by atoms with Gasteiger partial charge in [-0.2, -0.15) is 5.26 Å². The van der Waals surface area contributed by atoms with E-state index in [0.29, 0.717) is 23.0 Å². The Kier molecular flexibility index (Phi) is 7.41. The van der Waals surface area contributed by atoms with Crippen LogP contribution in [0.4, 0.5) is 0 Å². The van der Waals surface area contributed by atoms with Gasteiger partial charge in [0.2, 0.25) is 0 Å². The topological polar surface area (TPSA) is 62.5 Å². The van der Waals surface area contributed by atoms with Crippen molar-refractivity contribution in [2.24, 2.45) is 17.8 Å². The van der Waals surface area contributed by atoms with Gasteiger partial charge in [0.15, 0.2) is 17.5 Å². The first-order chi connectivity index (χ1) is 23.0. The fraction of sp³-hybridized carbons (Fsp3) is 0.256. The molecule has 0 N–H and O–H groups in total. The zero-order valence-corrected chi connectivity index (χ0v) is 27.0. The third-order valence-corrected chi connectivity index (χ3v) is 10.5. The van der Waals surface area contributed by atoms with Crippen LogP contribution in [0.1, 0.15) is 57.1 Å². The van der Waals surface area contributed by atoms with Crippen LogP contribution in [0.5, 0.6) is 0 Å². The molecule has 2 bridgehead atoms. The van der Waals surface area contributed by atoms with Gasteiger partial charge in [0.25, 0.3) is 0 Å². The lowest BCUT2D eigenvalue weighted by Crippen LogP contribution is -2.42. The van der Waals surface area contributed by atoms with Gasteiger partial charge in [-0.25, -0.2) is 15.0 Å². The largest absolute Gasteiger partial charge is 0.208 e. The zero-order chi connectivity index (χ0) is 32.0. The highest BCUT2D eigenvalue weighted by molar-refractivity contribution is 5.91. The summed E-state index contributed by atoms with van der Waals surface area (Å²) in [6.07, 6.45) is 6.65. The number of benzene rings is 5. The van der Waals surface area contributed by atoms with Crippen LogP contribution in [0.15, 0.2) is 115 Å². The normalized spacial score (nSPS) is 22.1. The maximum Gasteiger partial charge on any atom is 0.164 e. The highest BCUT2D eigenvalue weighted by Gasteiger charge is 2.45. The number of nitrogens with zero attached hydrogens (tertiary/aromatic N) is 4. The first kappa shape index (κ1) is 29.3. The first-order valence-electron chi connectivity index (χ1n) is 16.9. The molecule has 0 aliphatic heterocycles. The standard InChI is InChI=1S/C43H38N4/c1-28-20-30-21-29(2)25-43(24-28,26-30)38-17-14-32(15-18-38)41-45-40(31-8-4-3-5-9-31)46-42(47-41)36-12-6-10-33(23-36)34-16-19-39-35(22-34)11-7-13-37(39)27-44/h3-19,22-23,28-30H,20-21,24-26H2,1-2H3/t28-,29+,30?,43?. The molecule has 2 unspecified atom stereocenters. The third-order valence-electron chi connectivity index (χ3n) is 10.5. The van der Waals surface area contributed by atoms with Crippen molar-refractivity contribution in [1.82, 2.24) is 15.0 Å². The Bertz CT molecular complexity index is 2110. The van der Waals surface area contributed by atoms with Crippen LogP contribution in [0.2, 0.25) is 0 Å². The van der Waals surface area contributed by atoms with Gasteiger partial charge < -0.3 is 0 Å². The molecule has 47 heavy (non-hydrogen) atoms. The van der Waals surface area contributed by atoms with Crippen LogP contribution in [0, 0.1) is 29.1 Å². The van der Waals surface area contributed by atoms with Gasteiger partial charge in [0, 0.05) is 16.7 Å². The number of rotatable bonds is 5. The first-order valence-corrected chi connectivity index (χ1v) is 16.9. The predicted octanol–water partition coefficient (Wildman–Crippen LogP) is 10.7. The minimum Gasteiger partial charge on any atom is -0.208 e. The Labute approximate surface area is 277 Å². The fourth-order valence-electron chi connectivity index (χ4n) is 8.78. The second-order valence-corrected chi connectivity index (χ2v) is 14.1. The molecule has 0 amide bonds. The molecular weight excluding hydrogens is 573 g/mol. The maximum atomic E-state index is 9.55. The minimum atomic E-state index is 0.289. The second kappa shape index (κ2) is 11.9. The number of fused-ring (bicyclic) bond motifs is 3. The molecule has 8 rings (SSSR count). The van der Waals surface area contributed by atoms with E-state index in [1.54, 1.807) is 0 Å². The van der Waals surface area contributed by atoms with Gasteiger partial charge in [-0.05, 0) is 101 Å². The Balaban J connectivity index is 1.18. The molecule has 4 atom stereocenters. The van der Waals surface area contributed by atoms with Crippen molar-refractivity contribution in [2.75, 3.05) is 0 Å². The van der Waals surface area contributed by atoms with Gasteiger partial charge in [0.05, 0.1) is 11.6 Å². The molecule has 2 fully saturated rings. The molecule has 1 aromatic heterocycles. The van der Waals surface area contributed by atoms with E-state index >= 15 is 0 Å². The van der Waals surface area contributed by atoms with Crippen molar-refractivity contribution in [2.45, 2.75) is 51.4 Å². The molecule has 230 valence electrons. The van der Waals surface area contributed by atoms with Crippen molar-refractivity contribution >= 4 is 10.8 Å². The summed E-state index contributed by atoms with van der Waals surface area (Å²) < 4.78 is 0. The summed E-state index contributed by atoms with van der Waals surface area (Å²) in [5, 5.41) is 11.6. The van der Waals surface area contributed by atoms with Crippen LogP contribution in [0.25, 0.3) is 56.1 Å². The van der Waals surface area contributed by atoms with Gasteiger partial charge >= 0.3 is 0 Å². The molecule has 4 nitrogen and oxygen atoms in total. The smallest absolute Gasteiger partial charge is 0.164 e. The van der Waals surface area contributed by atoms with Gasteiger partial charge in [0.1, 0.15) is 0 Å². The number of hydrogen-bond acceptors (Lipinski definition) is 4. The Morgan fingerprint density at radius 2 is 1.15 bits per heavy atom. The molecule has 1 heterocycles. The lowest BCUT2D eigenvalue weighted by atomic mass is 9.54. The van der Waals surface area contributed by atoms with Crippen molar-refractivity contribution < 1.29 is 0 Å². The van der Waals surface area contributed by atoms with Crippen LogP contribution >= 0.6 is 0 Å². The summed E-state index contributed by atoms with van der Waals surface area (Å²) in [4.78, 5) is 15.1. The minimum absolute atomic E-state index is 0.289. The van der Waals surface area contributed by atoms with Gasteiger partial charge in [-0.15, -0.1) is 0 Å². The summed E-state index contributed by atoms with van der Waals surface area (Å²) in [6.45, 7) is 4.89. The van der Waals surface area contributed by atoms with Crippen LogP contribution in [-0.4, -0.2) is 15.0 Å². The highest BCUT2D eigenvalue weighted by atomic mass is 15.0. The van der Waals surface area contributed by atoms with E-state index in [0.717, 1.165) is 56.3 Å². The number of nitriles is 1. The van der Waals surface area contributed by atoms with Gasteiger partial charge in [-0.1, -0.05) is 111 Å². The van der Waals surface area contributed by atoms with Crippen molar-refractivity contribution in [3.8, 4) is 51.4 Å². The predicted molar refractivity (Wildman–Crippen MR) is 190 cm³/mol. The lowest BCUT2D eigenvalue weighted by molar-refractivity contribution is 0.0780. The van der Waals surface area contributed by atoms with Crippen molar-refractivity contribution in [3.05, 3.63) is 126 Å². The molecule has 5 aromatic carbocycles. The SMILES string of the molecule is C[C@@H]1CC2C[C@H](C)CC(c3ccc(-c4nc(-c5ccccc5)nc(-c5cccc(-c6ccc7c(C#N)cccc7c6)c5)n4)cc3)(C2)C1. The number of aromatic nitrogens is 3. The molecule has 6 aromatic rings. The van der Waals surface area contributed by atoms with Gasteiger partial charge in [-0.3, -0.25) is 0 Å². The average molecular weight is 611 g/mol. The van der Waals surface area contributed by atoms with Crippen molar-refractivity contribution in [1.29, 1.82) is 5.26 Å².